The summed E-state index contributed by atoms with van der Waals surface area (Å²) in [5.74, 6) is 7.30. The summed E-state index contributed by atoms with van der Waals surface area (Å²) in [6.45, 7) is 3.88. The summed E-state index contributed by atoms with van der Waals surface area (Å²) in [6.07, 6.45) is 1.77. The molecule has 0 unspecified atom stereocenters. The summed E-state index contributed by atoms with van der Waals surface area (Å²) < 4.78 is 3.14. The van der Waals surface area contributed by atoms with Gasteiger partial charge in [0, 0.05) is 23.0 Å². The average molecular weight is 384 g/mol. The molecular formula is C16H16N8S2. The molecule has 4 aromatic heterocycles. The van der Waals surface area contributed by atoms with Crippen molar-refractivity contribution in [2.45, 2.75) is 24.8 Å². The second-order valence-electron chi connectivity index (χ2n) is 5.64. The number of aromatic nitrogens is 7. The number of hydrogen-bond acceptors (Lipinski definition) is 8. The van der Waals surface area contributed by atoms with Crippen LogP contribution in [0.3, 0.4) is 0 Å². The van der Waals surface area contributed by atoms with E-state index in [0.29, 0.717) is 16.9 Å². The minimum absolute atomic E-state index is 0.491. The molecule has 8 nitrogen and oxygen atoms in total. The van der Waals surface area contributed by atoms with Crippen molar-refractivity contribution < 1.29 is 0 Å². The Bertz CT molecular complexity index is 1030. The number of thioether (sulfide) groups is 1. The fourth-order valence-corrected chi connectivity index (χ4v) is 4.11. The minimum atomic E-state index is 0.491. The van der Waals surface area contributed by atoms with E-state index in [-0.39, 0.29) is 0 Å². The monoisotopic (exact) mass is 384 g/mol. The first-order valence-electron chi connectivity index (χ1n) is 7.84. The van der Waals surface area contributed by atoms with Crippen molar-refractivity contribution in [2.24, 2.45) is 0 Å². The number of pyridine rings is 1. The second-order valence-corrected chi connectivity index (χ2v) is 7.44. The molecule has 4 rings (SSSR count). The first-order valence-corrected chi connectivity index (χ1v) is 9.71. The van der Waals surface area contributed by atoms with E-state index in [1.807, 2.05) is 43.5 Å². The van der Waals surface area contributed by atoms with Crippen molar-refractivity contribution in [3.05, 3.63) is 52.9 Å². The number of hydrogen-bond donors (Lipinski definition) is 1. The van der Waals surface area contributed by atoms with Crippen molar-refractivity contribution in [1.82, 2.24) is 34.6 Å². The third-order valence-electron chi connectivity index (χ3n) is 3.63. The van der Waals surface area contributed by atoms with Gasteiger partial charge in [-0.25, -0.2) is 14.3 Å². The lowest BCUT2D eigenvalue weighted by molar-refractivity contribution is 0.727. The predicted molar refractivity (Wildman–Crippen MR) is 102 cm³/mol. The van der Waals surface area contributed by atoms with Crippen LogP contribution in [0.1, 0.15) is 17.1 Å². The Morgan fingerprint density at radius 1 is 1.23 bits per heavy atom. The van der Waals surface area contributed by atoms with Crippen LogP contribution < -0.4 is 5.84 Å². The van der Waals surface area contributed by atoms with Gasteiger partial charge in [-0.15, -0.1) is 21.5 Å². The maximum Gasteiger partial charge on any atom is 0.271 e. The molecule has 4 heterocycles. The maximum atomic E-state index is 6.16. The smallest absolute Gasteiger partial charge is 0.271 e. The zero-order chi connectivity index (χ0) is 18.1. The zero-order valence-electron chi connectivity index (χ0n) is 14.2. The van der Waals surface area contributed by atoms with Crippen LogP contribution in [0.15, 0.2) is 41.0 Å². The van der Waals surface area contributed by atoms with E-state index < -0.39 is 0 Å². The summed E-state index contributed by atoms with van der Waals surface area (Å²) in [4.78, 5) is 8.95. The molecule has 0 bridgehead atoms. The van der Waals surface area contributed by atoms with E-state index in [1.165, 1.54) is 16.4 Å². The Morgan fingerprint density at radius 3 is 2.85 bits per heavy atom. The fraction of sp³-hybridized carbons (Fsp3) is 0.188. The fourth-order valence-electron chi connectivity index (χ4n) is 2.46. The Balaban J connectivity index is 1.49. The van der Waals surface area contributed by atoms with E-state index in [4.69, 9.17) is 5.84 Å². The Hall–Kier alpha value is -2.72. The van der Waals surface area contributed by atoms with Crippen molar-refractivity contribution in [1.29, 1.82) is 0 Å². The lowest BCUT2D eigenvalue weighted by atomic mass is 10.4. The first-order chi connectivity index (χ1) is 12.6. The van der Waals surface area contributed by atoms with Gasteiger partial charge in [0.15, 0.2) is 0 Å². The Morgan fingerprint density at radius 2 is 2.12 bits per heavy atom. The summed E-state index contributed by atoms with van der Waals surface area (Å²) in [5.41, 5.74) is 3.70. The van der Waals surface area contributed by atoms with Crippen molar-refractivity contribution in [2.75, 3.05) is 5.84 Å². The number of nitrogen functional groups attached to an aromatic ring is 1. The molecule has 4 aromatic rings. The van der Waals surface area contributed by atoms with E-state index in [9.17, 15) is 0 Å². The molecule has 0 amide bonds. The molecule has 0 saturated heterocycles. The van der Waals surface area contributed by atoms with E-state index in [1.54, 1.807) is 22.2 Å². The normalized spacial score (nSPS) is 11.2. The topological polar surface area (TPSA) is 100 Å². The molecule has 0 saturated carbocycles. The van der Waals surface area contributed by atoms with Gasteiger partial charge < -0.3 is 5.84 Å². The van der Waals surface area contributed by atoms with Gasteiger partial charge in [0.1, 0.15) is 5.01 Å². The van der Waals surface area contributed by atoms with Crippen LogP contribution in [0.2, 0.25) is 0 Å². The largest absolute Gasteiger partial charge is 0.334 e. The molecular weight excluding hydrogens is 368 g/mol. The second kappa shape index (κ2) is 6.89. The number of thiazole rings is 1. The Kier molecular flexibility index (Phi) is 4.43. The van der Waals surface area contributed by atoms with E-state index in [0.717, 1.165) is 27.8 Å². The predicted octanol–water partition coefficient (Wildman–Crippen LogP) is 2.61. The molecule has 0 fully saturated rings. The molecule has 0 spiro atoms. The molecule has 10 heteroatoms. The highest BCUT2D eigenvalue weighted by atomic mass is 32.2. The molecule has 0 aliphatic rings. The number of nitrogens with zero attached hydrogens (tertiary/aromatic N) is 7. The number of rotatable bonds is 5. The minimum Gasteiger partial charge on any atom is -0.334 e. The van der Waals surface area contributed by atoms with Crippen LogP contribution >= 0.6 is 23.1 Å². The number of nitrogens with two attached hydrogens (primary N) is 1. The third-order valence-corrected chi connectivity index (χ3v) is 5.52. The zero-order valence-corrected chi connectivity index (χ0v) is 15.8. The van der Waals surface area contributed by atoms with Crippen molar-refractivity contribution in [3.8, 4) is 16.6 Å². The summed E-state index contributed by atoms with van der Waals surface area (Å²) in [5, 5.41) is 16.3. The van der Waals surface area contributed by atoms with Gasteiger partial charge in [-0.3, -0.25) is 4.98 Å². The standard InChI is InChI=1S/C16H16N8S2/c1-10-7-11(2)24(22-10)15-20-21-16(23(15)17)26-9-12-8-25-14(19-12)13-5-3-4-6-18-13/h3-8H,9,17H2,1-2H3. The van der Waals surface area contributed by atoms with Crippen LogP contribution in [0.25, 0.3) is 16.6 Å². The molecule has 0 aromatic carbocycles. The van der Waals surface area contributed by atoms with Gasteiger partial charge in [0.05, 0.1) is 17.1 Å². The van der Waals surface area contributed by atoms with E-state index >= 15 is 0 Å². The van der Waals surface area contributed by atoms with Gasteiger partial charge in [-0.1, -0.05) is 17.8 Å². The van der Waals surface area contributed by atoms with Crippen molar-refractivity contribution >= 4 is 23.1 Å². The van der Waals surface area contributed by atoms with E-state index in [2.05, 4.69) is 25.3 Å². The molecule has 0 radical (unpaired) electrons. The average Bonchev–Trinajstić information content (AvgIpc) is 3.33. The summed E-state index contributed by atoms with van der Waals surface area (Å²) >= 11 is 3.06. The highest BCUT2D eigenvalue weighted by Crippen LogP contribution is 2.26. The quantitative estimate of drug-likeness (QED) is 0.417. The molecule has 0 atom stereocenters. The number of aryl methyl sites for hydroxylation is 2. The van der Waals surface area contributed by atoms with Crippen LogP contribution in [-0.4, -0.2) is 34.6 Å². The highest BCUT2D eigenvalue weighted by Gasteiger charge is 2.15. The highest BCUT2D eigenvalue weighted by molar-refractivity contribution is 7.98. The third kappa shape index (κ3) is 3.20. The lowest BCUT2D eigenvalue weighted by Crippen LogP contribution is -2.17. The van der Waals surface area contributed by atoms with Crippen LogP contribution in [0.5, 0.6) is 0 Å². The van der Waals surface area contributed by atoms with Gasteiger partial charge in [0.2, 0.25) is 5.16 Å². The summed E-state index contributed by atoms with van der Waals surface area (Å²) in [6, 6.07) is 7.76. The molecule has 0 aliphatic heterocycles. The van der Waals surface area contributed by atoms with Gasteiger partial charge in [-0.05, 0) is 32.0 Å². The lowest BCUT2D eigenvalue weighted by Gasteiger charge is -2.04. The van der Waals surface area contributed by atoms with Gasteiger partial charge in [0.25, 0.3) is 5.95 Å². The van der Waals surface area contributed by atoms with Gasteiger partial charge in [-0.2, -0.15) is 5.10 Å². The first kappa shape index (κ1) is 16.7. The van der Waals surface area contributed by atoms with Gasteiger partial charge >= 0.3 is 0 Å². The SMILES string of the molecule is Cc1cc(C)n(-c2nnc(SCc3csc(-c4ccccn4)n3)n2N)n1. The molecule has 0 aliphatic carbocycles. The summed E-state index contributed by atoms with van der Waals surface area (Å²) in [7, 11) is 0. The van der Waals surface area contributed by atoms with Crippen molar-refractivity contribution in [3.63, 3.8) is 0 Å². The maximum absolute atomic E-state index is 6.16. The van der Waals surface area contributed by atoms with Crippen LogP contribution in [0, 0.1) is 13.8 Å². The Labute approximate surface area is 158 Å². The van der Waals surface area contributed by atoms with Crippen LogP contribution in [-0.2, 0) is 5.75 Å². The molecule has 132 valence electrons. The molecule has 2 N–H and O–H groups in total. The molecule has 26 heavy (non-hydrogen) atoms. The van der Waals surface area contributed by atoms with Crippen LogP contribution in [0.4, 0.5) is 0 Å².